The number of nitrogens with zero attached hydrogens (tertiary/aromatic N) is 3. The van der Waals surface area contributed by atoms with Gasteiger partial charge in [0.15, 0.2) is 22.5 Å². The highest BCUT2D eigenvalue weighted by Gasteiger charge is 2.22. The molecule has 1 atom stereocenters. The highest BCUT2D eigenvalue weighted by molar-refractivity contribution is 8.00. The predicted molar refractivity (Wildman–Crippen MR) is 135 cm³/mol. The van der Waals surface area contributed by atoms with E-state index in [1.807, 2.05) is 60.0 Å². The molecular weight excluding hydrogens is 479 g/mol. The number of aryl methyl sites for hydroxylation is 1. The molecule has 1 aromatic heterocycles. The van der Waals surface area contributed by atoms with Crippen molar-refractivity contribution < 1.29 is 18.7 Å². The third-order valence-electron chi connectivity index (χ3n) is 5.85. The molecule has 7 nitrogen and oxygen atoms in total. The topological polar surface area (TPSA) is 78.3 Å². The average molecular weight is 505 g/mol. The molecule has 1 amide bonds. The fraction of sp³-hybridized carbons (Fsp3) is 0.222. The summed E-state index contributed by atoms with van der Waals surface area (Å²) in [5, 5.41) is 11.7. The minimum Gasteiger partial charge on any atom is -0.454 e. The van der Waals surface area contributed by atoms with E-state index in [4.69, 9.17) is 9.47 Å². The highest BCUT2D eigenvalue weighted by atomic mass is 32.2. The fourth-order valence-electron chi connectivity index (χ4n) is 3.90. The van der Waals surface area contributed by atoms with E-state index in [-0.39, 0.29) is 18.5 Å². The Balaban J connectivity index is 1.30. The maximum Gasteiger partial charge on any atom is 0.233 e. The van der Waals surface area contributed by atoms with E-state index in [1.54, 1.807) is 18.2 Å². The Morgan fingerprint density at radius 3 is 2.64 bits per heavy atom. The van der Waals surface area contributed by atoms with E-state index < -0.39 is 5.25 Å². The number of halogens is 1. The van der Waals surface area contributed by atoms with E-state index in [1.165, 1.54) is 17.8 Å². The standard InChI is InChI=1S/C27H25FN4O3S/c1-18(26(33)29-16-20-11-12-23-24(15-20)35-17-34-23)36-27-31-30-25(21-9-5-6-10-22(21)28)32(27)14-13-19-7-3-2-4-8-19/h2-12,15,18H,13-14,16-17H2,1H3,(H,29,33)/t18-/m1/s1. The summed E-state index contributed by atoms with van der Waals surface area (Å²) in [6.45, 7) is 2.94. The smallest absolute Gasteiger partial charge is 0.233 e. The van der Waals surface area contributed by atoms with E-state index in [0.29, 0.717) is 41.1 Å². The number of ether oxygens (including phenoxy) is 2. The molecule has 3 aromatic carbocycles. The number of carbonyl (C=O) groups is 1. The molecule has 4 aromatic rings. The van der Waals surface area contributed by atoms with Crippen molar-refractivity contribution in [1.29, 1.82) is 0 Å². The van der Waals surface area contributed by atoms with Crippen LogP contribution in [0.5, 0.6) is 11.5 Å². The Hall–Kier alpha value is -3.85. The molecule has 0 radical (unpaired) electrons. The summed E-state index contributed by atoms with van der Waals surface area (Å²) in [6.07, 6.45) is 0.721. The molecular formula is C27H25FN4O3S. The summed E-state index contributed by atoms with van der Waals surface area (Å²) in [5.41, 5.74) is 2.44. The van der Waals surface area contributed by atoms with Gasteiger partial charge in [-0.15, -0.1) is 10.2 Å². The van der Waals surface area contributed by atoms with E-state index >= 15 is 0 Å². The quantitative estimate of drug-likeness (QED) is 0.328. The van der Waals surface area contributed by atoms with Crippen LogP contribution in [-0.4, -0.2) is 32.7 Å². The minimum absolute atomic E-state index is 0.136. The number of thioether (sulfide) groups is 1. The molecule has 2 heterocycles. The monoisotopic (exact) mass is 504 g/mol. The van der Waals surface area contributed by atoms with Crippen LogP contribution in [0, 0.1) is 5.82 Å². The van der Waals surface area contributed by atoms with Gasteiger partial charge >= 0.3 is 0 Å². The van der Waals surface area contributed by atoms with Crippen molar-refractivity contribution in [3.63, 3.8) is 0 Å². The van der Waals surface area contributed by atoms with Crippen molar-refractivity contribution >= 4 is 17.7 Å². The van der Waals surface area contributed by atoms with Crippen molar-refractivity contribution in [2.45, 2.75) is 36.8 Å². The lowest BCUT2D eigenvalue weighted by Crippen LogP contribution is -2.30. The van der Waals surface area contributed by atoms with Crippen LogP contribution >= 0.6 is 11.8 Å². The number of amides is 1. The molecule has 0 saturated heterocycles. The Bertz CT molecular complexity index is 1360. The molecule has 0 fully saturated rings. The van der Waals surface area contributed by atoms with Crippen LogP contribution in [0.4, 0.5) is 4.39 Å². The van der Waals surface area contributed by atoms with E-state index in [2.05, 4.69) is 15.5 Å². The molecule has 0 spiro atoms. The van der Waals surface area contributed by atoms with Crippen LogP contribution < -0.4 is 14.8 Å². The third kappa shape index (κ3) is 5.36. The normalized spacial score (nSPS) is 12.9. The van der Waals surface area contributed by atoms with Gasteiger partial charge in [0.05, 0.1) is 10.8 Å². The molecule has 1 aliphatic rings. The number of hydrogen-bond donors (Lipinski definition) is 1. The van der Waals surface area contributed by atoms with E-state index in [9.17, 15) is 9.18 Å². The molecule has 9 heteroatoms. The number of hydrogen-bond acceptors (Lipinski definition) is 6. The number of carbonyl (C=O) groups excluding carboxylic acids is 1. The first-order valence-corrected chi connectivity index (χ1v) is 12.5. The van der Waals surface area contributed by atoms with Crippen molar-refractivity contribution in [3.05, 3.63) is 89.7 Å². The second kappa shape index (κ2) is 10.8. The number of fused-ring (bicyclic) bond motifs is 1. The van der Waals surface area contributed by atoms with Crippen molar-refractivity contribution in [2.75, 3.05) is 6.79 Å². The Kier molecular flexibility index (Phi) is 7.18. The van der Waals surface area contributed by atoms with Crippen LogP contribution in [-0.2, 0) is 24.3 Å². The van der Waals surface area contributed by atoms with Crippen molar-refractivity contribution in [3.8, 4) is 22.9 Å². The molecule has 36 heavy (non-hydrogen) atoms. The first-order chi connectivity index (χ1) is 17.6. The second-order valence-electron chi connectivity index (χ2n) is 8.34. The van der Waals surface area contributed by atoms with Crippen LogP contribution in [0.1, 0.15) is 18.1 Å². The van der Waals surface area contributed by atoms with Crippen LogP contribution in [0.2, 0.25) is 0 Å². The maximum atomic E-state index is 14.6. The zero-order valence-electron chi connectivity index (χ0n) is 19.7. The summed E-state index contributed by atoms with van der Waals surface area (Å²) >= 11 is 1.30. The van der Waals surface area contributed by atoms with Gasteiger partial charge in [0.2, 0.25) is 12.7 Å². The molecule has 1 aliphatic heterocycles. The van der Waals surface area contributed by atoms with Gasteiger partial charge in [0.25, 0.3) is 0 Å². The molecule has 0 unspecified atom stereocenters. The summed E-state index contributed by atoms with van der Waals surface area (Å²) in [7, 11) is 0. The van der Waals surface area contributed by atoms with Gasteiger partial charge in [-0.3, -0.25) is 4.79 Å². The van der Waals surface area contributed by atoms with Gasteiger partial charge < -0.3 is 19.4 Å². The van der Waals surface area contributed by atoms with Gasteiger partial charge in [-0.05, 0) is 48.7 Å². The fourth-order valence-corrected chi connectivity index (χ4v) is 4.80. The summed E-state index contributed by atoms with van der Waals surface area (Å²) in [5.74, 6) is 1.32. The van der Waals surface area contributed by atoms with Crippen LogP contribution in [0.3, 0.4) is 0 Å². The first kappa shape index (κ1) is 23.9. The molecule has 5 rings (SSSR count). The molecule has 0 bridgehead atoms. The largest absolute Gasteiger partial charge is 0.454 e. The first-order valence-electron chi connectivity index (χ1n) is 11.6. The number of aromatic nitrogens is 3. The van der Waals surface area contributed by atoms with Gasteiger partial charge in [0, 0.05) is 13.1 Å². The zero-order valence-corrected chi connectivity index (χ0v) is 20.5. The average Bonchev–Trinajstić information content (AvgIpc) is 3.53. The van der Waals surface area contributed by atoms with Crippen molar-refractivity contribution in [2.24, 2.45) is 0 Å². The van der Waals surface area contributed by atoms with Gasteiger partial charge in [-0.2, -0.15) is 0 Å². The van der Waals surface area contributed by atoms with Gasteiger partial charge in [-0.1, -0.05) is 60.3 Å². The lowest BCUT2D eigenvalue weighted by Gasteiger charge is -2.14. The Labute approximate surface area is 212 Å². The summed E-state index contributed by atoms with van der Waals surface area (Å²) in [4.78, 5) is 12.9. The Morgan fingerprint density at radius 1 is 1.03 bits per heavy atom. The summed E-state index contributed by atoms with van der Waals surface area (Å²) in [6, 6.07) is 22.1. The minimum atomic E-state index is -0.438. The lowest BCUT2D eigenvalue weighted by atomic mass is 10.1. The van der Waals surface area contributed by atoms with Gasteiger partial charge in [0.1, 0.15) is 5.82 Å². The number of rotatable bonds is 9. The summed E-state index contributed by atoms with van der Waals surface area (Å²) < 4.78 is 27.2. The van der Waals surface area contributed by atoms with Crippen molar-refractivity contribution in [1.82, 2.24) is 20.1 Å². The molecule has 0 saturated carbocycles. The van der Waals surface area contributed by atoms with Crippen LogP contribution in [0.15, 0.2) is 78.0 Å². The highest BCUT2D eigenvalue weighted by Crippen LogP contribution is 2.33. The lowest BCUT2D eigenvalue weighted by molar-refractivity contribution is -0.120. The SMILES string of the molecule is C[C@@H](Sc1nnc(-c2ccccc2F)n1CCc1ccccc1)C(=O)NCc1ccc2c(c1)OCO2. The Morgan fingerprint density at radius 2 is 1.81 bits per heavy atom. The van der Waals surface area contributed by atoms with Crippen LogP contribution in [0.25, 0.3) is 11.4 Å². The number of benzene rings is 3. The third-order valence-corrected chi connectivity index (χ3v) is 6.93. The second-order valence-corrected chi connectivity index (χ2v) is 9.65. The molecule has 0 aliphatic carbocycles. The maximum absolute atomic E-state index is 14.6. The zero-order chi connectivity index (χ0) is 24.9. The molecule has 1 N–H and O–H groups in total. The number of nitrogens with one attached hydrogen (secondary N) is 1. The predicted octanol–water partition coefficient (Wildman–Crippen LogP) is 4.85. The van der Waals surface area contributed by atoms with Gasteiger partial charge in [-0.25, -0.2) is 4.39 Å². The van der Waals surface area contributed by atoms with E-state index in [0.717, 1.165) is 17.5 Å². The molecule has 184 valence electrons.